The van der Waals surface area contributed by atoms with E-state index in [1.807, 2.05) is 0 Å². The Hall–Kier alpha value is -2.09. The molecule has 0 bridgehead atoms. The van der Waals surface area contributed by atoms with E-state index in [-0.39, 0.29) is 11.2 Å². The molecule has 0 saturated carbocycles. The van der Waals surface area contributed by atoms with E-state index in [2.05, 4.69) is 91.8 Å². The summed E-state index contributed by atoms with van der Waals surface area (Å²) in [4.78, 5) is 9.57. The van der Waals surface area contributed by atoms with E-state index in [4.69, 9.17) is 25.7 Å². The molecule has 0 saturated heterocycles. The molecule has 0 aliphatic heterocycles. The van der Waals surface area contributed by atoms with Crippen molar-refractivity contribution in [1.29, 1.82) is 0 Å². The highest BCUT2D eigenvalue weighted by Gasteiger charge is 2.13. The Labute approximate surface area is 186 Å². The molecular formula is C26H34B2N2-2. The van der Waals surface area contributed by atoms with Gasteiger partial charge in [0.05, 0.1) is 11.4 Å². The lowest BCUT2D eigenvalue weighted by atomic mass is 9.83. The van der Waals surface area contributed by atoms with Crippen LogP contribution >= 0.6 is 0 Å². The van der Waals surface area contributed by atoms with Gasteiger partial charge in [0.2, 0.25) is 0 Å². The normalized spacial score (nSPS) is 13.3. The Morgan fingerprint density at radius 2 is 0.767 bits per heavy atom. The van der Waals surface area contributed by atoms with Crippen LogP contribution in [0, 0.1) is 0 Å². The molecule has 2 aromatic rings. The van der Waals surface area contributed by atoms with Crippen LogP contribution < -0.4 is 0 Å². The van der Waals surface area contributed by atoms with Crippen LogP contribution in [0.1, 0.15) is 101 Å². The molecule has 2 aromatic carbocycles. The van der Waals surface area contributed by atoms with Crippen LogP contribution in [0.5, 0.6) is 0 Å². The number of aliphatic imine (C=N–C) groups is 2. The molecule has 0 atom stereocenters. The highest BCUT2D eigenvalue weighted by Crippen LogP contribution is 2.36. The van der Waals surface area contributed by atoms with Crippen molar-refractivity contribution in [1.82, 2.24) is 0 Å². The molecule has 0 spiro atoms. The number of benzene rings is 2. The zero-order chi connectivity index (χ0) is 22.6. The van der Waals surface area contributed by atoms with E-state index < -0.39 is 0 Å². The predicted molar refractivity (Wildman–Crippen MR) is 135 cm³/mol. The first-order chi connectivity index (χ1) is 14.0. The van der Waals surface area contributed by atoms with E-state index in [0.29, 0.717) is 23.7 Å². The third-order valence-electron chi connectivity index (χ3n) is 5.41. The minimum Gasteiger partial charge on any atom is -0.556 e. The molecule has 0 heterocycles. The molecule has 30 heavy (non-hydrogen) atoms. The molecule has 0 fully saturated rings. The molecule has 2 rings (SSSR count). The maximum absolute atomic E-state index is 6.38. The van der Waals surface area contributed by atoms with Gasteiger partial charge in [0.15, 0.2) is 0 Å². The molecule has 0 amide bonds. The molecule has 0 N–H and O–H groups in total. The number of para-hydroxylation sites is 2. The minimum absolute atomic E-state index is 0.262. The zero-order valence-corrected chi connectivity index (χ0v) is 19.8. The number of hydrogen-bond acceptors (Lipinski definition) is 2. The maximum atomic E-state index is 6.38. The van der Waals surface area contributed by atoms with E-state index in [0.717, 1.165) is 11.4 Å². The maximum Gasteiger partial charge on any atom is 0.0655 e. The third kappa shape index (κ3) is 5.53. The van der Waals surface area contributed by atoms with Gasteiger partial charge in [-0.1, -0.05) is 91.8 Å². The largest absolute Gasteiger partial charge is 0.556 e. The van der Waals surface area contributed by atoms with Crippen LogP contribution in [0.3, 0.4) is 0 Å². The van der Waals surface area contributed by atoms with Gasteiger partial charge in [-0.3, -0.25) is 11.2 Å². The summed E-state index contributed by atoms with van der Waals surface area (Å²) in [5.41, 5.74) is 7.03. The number of hydrogen-bond donors (Lipinski definition) is 0. The fourth-order valence-corrected chi connectivity index (χ4v) is 3.64. The summed E-state index contributed by atoms with van der Waals surface area (Å²) >= 11 is 0. The first-order valence-corrected chi connectivity index (χ1v) is 11.0. The van der Waals surface area contributed by atoms with E-state index in [9.17, 15) is 0 Å². The van der Waals surface area contributed by atoms with Crippen molar-refractivity contribution in [2.75, 3.05) is 0 Å². The van der Waals surface area contributed by atoms with Crippen molar-refractivity contribution in [3.05, 3.63) is 58.7 Å². The second-order valence-corrected chi connectivity index (χ2v) is 9.18. The van der Waals surface area contributed by atoms with Crippen molar-refractivity contribution < 1.29 is 0 Å². The summed E-state index contributed by atoms with van der Waals surface area (Å²) < 4.78 is 0. The summed E-state index contributed by atoms with van der Waals surface area (Å²) in [6, 6.07) is 12.6. The summed E-state index contributed by atoms with van der Waals surface area (Å²) in [5.74, 6) is 1.34. The van der Waals surface area contributed by atoms with Crippen molar-refractivity contribution in [2.45, 2.75) is 79.1 Å². The first-order valence-electron chi connectivity index (χ1n) is 11.0. The Kier molecular flexibility index (Phi) is 8.29. The molecule has 0 aromatic heterocycles. The van der Waals surface area contributed by atoms with Crippen LogP contribution in [-0.2, 0) is 0 Å². The van der Waals surface area contributed by atoms with Gasteiger partial charge in [0.25, 0.3) is 0 Å². The van der Waals surface area contributed by atoms with Gasteiger partial charge >= 0.3 is 0 Å². The molecule has 156 valence electrons. The van der Waals surface area contributed by atoms with Crippen LogP contribution in [0.25, 0.3) is 0 Å². The second-order valence-electron chi connectivity index (χ2n) is 9.18. The van der Waals surface area contributed by atoms with Gasteiger partial charge in [0, 0.05) is 0 Å². The van der Waals surface area contributed by atoms with Crippen molar-refractivity contribution in [3.63, 3.8) is 0 Å². The Morgan fingerprint density at radius 3 is 0.967 bits per heavy atom. The van der Waals surface area contributed by atoms with Crippen LogP contribution in [0.2, 0.25) is 0 Å². The zero-order valence-electron chi connectivity index (χ0n) is 19.8. The molecule has 4 heteroatoms. The van der Waals surface area contributed by atoms with Gasteiger partial charge in [-0.15, -0.1) is 0 Å². The predicted octanol–water partition coefficient (Wildman–Crippen LogP) is 7.28. The Balaban J connectivity index is 2.63. The van der Waals surface area contributed by atoms with Gasteiger partial charge in [-0.05, 0) is 45.9 Å². The van der Waals surface area contributed by atoms with E-state index in [1.165, 1.54) is 22.3 Å². The molecular weight excluding hydrogens is 362 g/mol. The fourth-order valence-electron chi connectivity index (χ4n) is 3.64. The topological polar surface area (TPSA) is 24.7 Å². The van der Waals surface area contributed by atoms with Gasteiger partial charge < -0.3 is 25.7 Å². The molecule has 2 nitrogen and oxygen atoms in total. The summed E-state index contributed by atoms with van der Waals surface area (Å²) in [6.07, 6.45) is 0. The van der Waals surface area contributed by atoms with Gasteiger partial charge in [0.1, 0.15) is 0 Å². The quantitative estimate of drug-likeness (QED) is 0.347. The Morgan fingerprint density at radius 1 is 0.533 bits per heavy atom. The second kappa shape index (κ2) is 10.3. The van der Waals surface area contributed by atoms with Gasteiger partial charge in [-0.25, -0.2) is 0 Å². The number of rotatable bonds is 7. The average molecular weight is 396 g/mol. The molecule has 0 unspecified atom stereocenters. The smallest absolute Gasteiger partial charge is 0.0655 e. The SMILES string of the molecule is [B-]C(=Nc1c(C(C)C)cccc1C(C)C)C([B-])=Nc1c(C(C)C)cccc1C(C)C. The monoisotopic (exact) mass is 396 g/mol. The fraction of sp³-hybridized carbons (Fsp3) is 0.462. The highest BCUT2D eigenvalue weighted by atomic mass is 14.8. The van der Waals surface area contributed by atoms with Crippen LogP contribution in [0.15, 0.2) is 46.4 Å². The highest BCUT2D eigenvalue weighted by molar-refractivity contribution is 6.96. The van der Waals surface area contributed by atoms with Crippen LogP contribution in [-0.4, -0.2) is 26.9 Å². The van der Waals surface area contributed by atoms with Crippen molar-refractivity contribution in [2.24, 2.45) is 9.98 Å². The number of nitrogens with zero attached hydrogens (tertiary/aromatic N) is 2. The lowest BCUT2D eigenvalue weighted by Gasteiger charge is -2.28. The summed E-state index contributed by atoms with van der Waals surface area (Å²) in [7, 11) is 12.8. The van der Waals surface area contributed by atoms with Crippen LogP contribution in [0.4, 0.5) is 11.4 Å². The standard InChI is InChI=1S/C26H34B2N2/c1-15(2)19-11-9-12-20(16(3)4)23(19)29-25(27)26(28)30-24-21(17(5)6)13-10-14-22(24)18(7)8/h9-18H,1-8H3/q-2. The third-order valence-corrected chi connectivity index (χ3v) is 5.41. The summed E-state index contributed by atoms with van der Waals surface area (Å²) in [5, 5.41) is 0. The first kappa shape index (κ1) is 24.2. The molecule has 0 aliphatic rings. The molecule has 6 radical (unpaired) electrons. The van der Waals surface area contributed by atoms with E-state index in [1.54, 1.807) is 0 Å². The average Bonchev–Trinajstić information content (AvgIpc) is 2.67. The molecule has 0 aliphatic carbocycles. The van der Waals surface area contributed by atoms with Crippen molar-refractivity contribution in [3.8, 4) is 0 Å². The van der Waals surface area contributed by atoms with Crippen molar-refractivity contribution >= 4 is 38.3 Å². The lowest BCUT2D eigenvalue weighted by molar-refractivity contribution is 0.834. The summed E-state index contributed by atoms with van der Waals surface area (Å²) in [6.45, 7) is 17.3. The lowest BCUT2D eigenvalue weighted by Crippen LogP contribution is -2.15. The van der Waals surface area contributed by atoms with Gasteiger partial charge in [-0.2, -0.15) is 0 Å². The minimum atomic E-state index is 0.262. The van der Waals surface area contributed by atoms with E-state index >= 15 is 0 Å². The Bertz CT molecular complexity index is 808.